The zero-order chi connectivity index (χ0) is 18.0. The molecule has 25 heavy (non-hydrogen) atoms. The Hall–Kier alpha value is -1.76. The first-order chi connectivity index (χ1) is 12.0. The van der Waals surface area contributed by atoms with Crippen molar-refractivity contribution in [3.63, 3.8) is 0 Å². The molecule has 0 saturated heterocycles. The molecule has 0 aliphatic heterocycles. The summed E-state index contributed by atoms with van der Waals surface area (Å²) < 4.78 is 0. The molecule has 0 aliphatic carbocycles. The van der Waals surface area contributed by atoms with Gasteiger partial charge in [-0.3, -0.25) is 4.98 Å². The number of pyridine rings is 1. The Bertz CT molecular complexity index is 883. The predicted octanol–water partition coefficient (Wildman–Crippen LogP) is 7.10. The van der Waals surface area contributed by atoms with Gasteiger partial charge >= 0.3 is 0 Å². The Morgan fingerprint density at radius 3 is 1.52 bits per heavy atom. The van der Waals surface area contributed by atoms with E-state index in [1.807, 2.05) is 0 Å². The highest BCUT2D eigenvalue weighted by Crippen LogP contribution is 2.42. The molecule has 0 N–H and O–H groups in total. The molecule has 0 radical (unpaired) electrons. The van der Waals surface area contributed by atoms with Crippen molar-refractivity contribution >= 4 is 46.4 Å². The summed E-state index contributed by atoms with van der Waals surface area (Å²) in [5.74, 6) is 0. The van der Waals surface area contributed by atoms with Gasteiger partial charge in [0.15, 0.2) is 0 Å². The van der Waals surface area contributed by atoms with Crippen LogP contribution in [-0.2, 0) is 6.42 Å². The van der Waals surface area contributed by atoms with Crippen LogP contribution in [0.15, 0.2) is 48.8 Å². The third-order valence-electron chi connectivity index (χ3n) is 3.78. The summed E-state index contributed by atoms with van der Waals surface area (Å²) in [5.41, 5.74) is 3.36. The molecule has 1 aromatic heterocycles. The summed E-state index contributed by atoms with van der Waals surface area (Å²) in [6, 6.07) is 12.7. The van der Waals surface area contributed by atoms with Crippen LogP contribution in [0.5, 0.6) is 0 Å². The largest absolute Gasteiger partial charge is 0.263 e. The van der Waals surface area contributed by atoms with Crippen LogP contribution >= 0.6 is 46.4 Å². The standard InChI is InChI=1S/C19H10Cl4N2/c20-14-3-1-4-15(21)18(14)12-9-25-10-13(11(12)7-8-24)19-16(22)5-2-6-17(19)23/h1-6,9-10H,7H2. The summed E-state index contributed by atoms with van der Waals surface area (Å²) >= 11 is 25.4. The minimum absolute atomic E-state index is 0.135. The minimum atomic E-state index is 0.135. The van der Waals surface area contributed by atoms with Gasteiger partial charge in [-0.25, -0.2) is 0 Å². The first kappa shape index (κ1) is 18.0. The van der Waals surface area contributed by atoms with E-state index in [2.05, 4.69) is 11.1 Å². The molecule has 2 aromatic carbocycles. The van der Waals surface area contributed by atoms with E-state index in [-0.39, 0.29) is 6.42 Å². The highest BCUT2D eigenvalue weighted by Gasteiger charge is 2.19. The van der Waals surface area contributed by atoms with Crippen LogP contribution in [0.4, 0.5) is 0 Å². The molecule has 1 heterocycles. The fourth-order valence-corrected chi connectivity index (χ4v) is 3.90. The number of rotatable bonds is 3. The van der Waals surface area contributed by atoms with Crippen LogP contribution in [0.1, 0.15) is 5.56 Å². The smallest absolute Gasteiger partial charge is 0.0670 e. The molecule has 0 saturated carbocycles. The first-order valence-corrected chi connectivity index (χ1v) is 8.78. The van der Waals surface area contributed by atoms with Gasteiger partial charge in [0.1, 0.15) is 0 Å². The molecule has 0 spiro atoms. The molecule has 3 rings (SSSR count). The van der Waals surface area contributed by atoms with Crippen LogP contribution in [-0.4, -0.2) is 4.98 Å². The van der Waals surface area contributed by atoms with Crippen molar-refractivity contribution in [2.24, 2.45) is 0 Å². The number of hydrogen-bond acceptors (Lipinski definition) is 2. The molecule has 6 heteroatoms. The summed E-state index contributed by atoms with van der Waals surface area (Å²) in [6.45, 7) is 0. The van der Waals surface area contributed by atoms with Gasteiger partial charge in [-0.2, -0.15) is 5.26 Å². The Morgan fingerprint density at radius 2 is 1.16 bits per heavy atom. The van der Waals surface area contributed by atoms with E-state index in [1.165, 1.54) is 0 Å². The van der Waals surface area contributed by atoms with Crippen molar-refractivity contribution in [3.05, 3.63) is 74.4 Å². The molecule has 0 bridgehead atoms. The minimum Gasteiger partial charge on any atom is -0.263 e. The second-order valence-corrected chi connectivity index (χ2v) is 6.87. The molecular formula is C19H10Cl4N2. The maximum atomic E-state index is 9.34. The highest BCUT2D eigenvalue weighted by molar-refractivity contribution is 6.40. The Morgan fingerprint density at radius 1 is 0.760 bits per heavy atom. The second kappa shape index (κ2) is 7.64. The average molecular weight is 408 g/mol. The summed E-state index contributed by atoms with van der Waals surface area (Å²) in [5, 5.41) is 11.3. The predicted molar refractivity (Wildman–Crippen MR) is 104 cm³/mol. The molecule has 124 valence electrons. The van der Waals surface area contributed by atoms with Crippen LogP contribution < -0.4 is 0 Å². The van der Waals surface area contributed by atoms with Gasteiger partial charge in [0.05, 0.1) is 12.5 Å². The Kier molecular flexibility index (Phi) is 5.51. The fourth-order valence-electron chi connectivity index (χ4n) is 2.70. The van der Waals surface area contributed by atoms with Gasteiger partial charge in [0.2, 0.25) is 0 Å². The molecule has 0 amide bonds. The lowest BCUT2D eigenvalue weighted by Crippen LogP contribution is -1.97. The zero-order valence-electron chi connectivity index (χ0n) is 12.7. The molecule has 0 fully saturated rings. The van der Waals surface area contributed by atoms with E-state index in [4.69, 9.17) is 46.4 Å². The summed E-state index contributed by atoms with van der Waals surface area (Å²) in [7, 11) is 0. The summed E-state index contributed by atoms with van der Waals surface area (Å²) in [6.07, 6.45) is 3.43. The summed E-state index contributed by atoms with van der Waals surface area (Å²) in [4.78, 5) is 4.30. The lowest BCUT2D eigenvalue weighted by molar-refractivity contribution is 1.22. The topological polar surface area (TPSA) is 36.7 Å². The van der Waals surface area contributed by atoms with Crippen molar-refractivity contribution in [2.45, 2.75) is 6.42 Å². The molecule has 0 atom stereocenters. The Labute approximate surface area is 165 Å². The molecule has 3 aromatic rings. The van der Waals surface area contributed by atoms with Crippen molar-refractivity contribution in [1.82, 2.24) is 4.98 Å². The molecule has 0 aliphatic rings. The van der Waals surface area contributed by atoms with Gasteiger partial charge in [-0.1, -0.05) is 58.5 Å². The van der Waals surface area contributed by atoms with E-state index in [0.717, 1.165) is 5.56 Å². The van der Waals surface area contributed by atoms with Gasteiger partial charge < -0.3 is 0 Å². The van der Waals surface area contributed by atoms with Crippen molar-refractivity contribution < 1.29 is 0 Å². The van der Waals surface area contributed by atoms with Crippen LogP contribution in [0.25, 0.3) is 22.3 Å². The molecule has 0 unspecified atom stereocenters. The van der Waals surface area contributed by atoms with E-state index < -0.39 is 0 Å². The lowest BCUT2D eigenvalue weighted by atomic mass is 9.92. The van der Waals surface area contributed by atoms with Gasteiger partial charge in [-0.15, -0.1) is 0 Å². The van der Waals surface area contributed by atoms with Crippen molar-refractivity contribution in [3.8, 4) is 28.3 Å². The van der Waals surface area contributed by atoms with E-state index >= 15 is 0 Å². The number of hydrogen-bond donors (Lipinski definition) is 0. The van der Waals surface area contributed by atoms with E-state index in [9.17, 15) is 5.26 Å². The third-order valence-corrected chi connectivity index (χ3v) is 5.04. The van der Waals surface area contributed by atoms with Crippen LogP contribution in [0.2, 0.25) is 20.1 Å². The highest BCUT2D eigenvalue weighted by atomic mass is 35.5. The quantitative estimate of drug-likeness (QED) is 0.464. The van der Waals surface area contributed by atoms with Gasteiger partial charge in [-0.05, 0) is 29.8 Å². The monoisotopic (exact) mass is 406 g/mol. The lowest BCUT2D eigenvalue weighted by Gasteiger charge is -2.16. The SMILES string of the molecule is N#CCc1c(-c2c(Cl)cccc2Cl)cncc1-c1c(Cl)cccc1Cl. The first-order valence-electron chi connectivity index (χ1n) is 7.27. The Balaban J connectivity index is 2.36. The van der Waals surface area contributed by atoms with Crippen molar-refractivity contribution in [1.29, 1.82) is 5.26 Å². The van der Waals surface area contributed by atoms with Gasteiger partial charge in [0, 0.05) is 54.7 Å². The average Bonchev–Trinajstić information content (AvgIpc) is 2.57. The van der Waals surface area contributed by atoms with Crippen LogP contribution in [0, 0.1) is 11.3 Å². The van der Waals surface area contributed by atoms with E-state index in [0.29, 0.717) is 42.3 Å². The van der Waals surface area contributed by atoms with Crippen LogP contribution in [0.3, 0.4) is 0 Å². The number of halogens is 4. The number of benzene rings is 2. The molecular weight excluding hydrogens is 398 g/mol. The number of nitriles is 1. The maximum absolute atomic E-state index is 9.34. The van der Waals surface area contributed by atoms with Gasteiger partial charge in [0.25, 0.3) is 0 Å². The maximum Gasteiger partial charge on any atom is 0.0670 e. The van der Waals surface area contributed by atoms with E-state index in [1.54, 1.807) is 48.8 Å². The van der Waals surface area contributed by atoms with Crippen molar-refractivity contribution in [2.75, 3.05) is 0 Å². The fraction of sp³-hybridized carbons (Fsp3) is 0.0526. The third kappa shape index (κ3) is 3.47. The second-order valence-electron chi connectivity index (χ2n) is 5.24. The molecule has 2 nitrogen and oxygen atoms in total. The number of aromatic nitrogens is 1. The zero-order valence-corrected chi connectivity index (χ0v) is 15.8. The number of nitrogens with zero attached hydrogens (tertiary/aromatic N) is 2. The normalized spacial score (nSPS) is 10.5.